The number of nitrogens with zero attached hydrogens (tertiary/aromatic N) is 1. The summed E-state index contributed by atoms with van der Waals surface area (Å²) in [6, 6.07) is 11.5. The molecule has 1 aromatic heterocycles. The van der Waals surface area contributed by atoms with Crippen molar-refractivity contribution in [1.82, 2.24) is 5.32 Å². The number of hydrogen-bond acceptors (Lipinski definition) is 3. The van der Waals surface area contributed by atoms with Gasteiger partial charge in [-0.2, -0.15) is 0 Å². The van der Waals surface area contributed by atoms with Gasteiger partial charge in [-0.25, -0.2) is 4.57 Å². The summed E-state index contributed by atoms with van der Waals surface area (Å²) in [6.45, 7) is 6.48. The zero-order chi connectivity index (χ0) is 28.0. The average molecular weight is 560 g/mol. The van der Waals surface area contributed by atoms with E-state index in [1.54, 1.807) is 12.1 Å². The first-order chi connectivity index (χ1) is 19.1. The van der Waals surface area contributed by atoms with Gasteiger partial charge in [0.05, 0.1) is 11.6 Å². The first kappa shape index (κ1) is 32.9. The number of carbonyl (C=O) groups is 1. The highest BCUT2D eigenvalue weighted by atomic mass is 35.5. The molecule has 1 heterocycles. The van der Waals surface area contributed by atoms with Crippen LogP contribution in [0.2, 0.25) is 5.02 Å². The number of pyridine rings is 1. The molecule has 0 bridgehead atoms. The number of benzene rings is 1. The van der Waals surface area contributed by atoms with Crippen molar-refractivity contribution in [3.63, 3.8) is 0 Å². The maximum Gasteiger partial charge on any atom is 0.257 e. The van der Waals surface area contributed by atoms with Gasteiger partial charge < -0.3 is 14.8 Å². The molecule has 2 rings (SSSR count). The zero-order valence-corrected chi connectivity index (χ0v) is 25.3. The summed E-state index contributed by atoms with van der Waals surface area (Å²) in [5.74, 6) is 1.06. The van der Waals surface area contributed by atoms with Crippen molar-refractivity contribution in [2.45, 2.75) is 117 Å². The lowest BCUT2D eigenvalue weighted by atomic mass is 10.0. The molecule has 0 aliphatic heterocycles. The van der Waals surface area contributed by atoms with E-state index in [-0.39, 0.29) is 12.5 Å². The van der Waals surface area contributed by atoms with Crippen LogP contribution in [0.4, 0.5) is 0 Å². The molecule has 0 unspecified atom stereocenters. The number of aryl methyl sites for hydroxylation is 1. The van der Waals surface area contributed by atoms with Gasteiger partial charge in [-0.05, 0) is 25.5 Å². The normalized spacial score (nSPS) is 10.9. The minimum atomic E-state index is -0.164. The highest BCUT2D eigenvalue weighted by Crippen LogP contribution is 2.29. The molecule has 0 saturated carbocycles. The van der Waals surface area contributed by atoms with Gasteiger partial charge in [0.1, 0.15) is 18.0 Å². The molecule has 218 valence electrons. The van der Waals surface area contributed by atoms with Crippen LogP contribution < -0.4 is 19.4 Å². The summed E-state index contributed by atoms with van der Waals surface area (Å²) >= 11 is 6.36. The Balaban J connectivity index is 1.48. The zero-order valence-electron chi connectivity index (χ0n) is 24.5. The van der Waals surface area contributed by atoms with E-state index in [1.807, 2.05) is 18.2 Å². The van der Waals surface area contributed by atoms with Crippen molar-refractivity contribution in [1.29, 1.82) is 0 Å². The number of unbranched alkanes of at least 4 members (excludes halogenated alkanes) is 13. The van der Waals surface area contributed by atoms with Crippen molar-refractivity contribution >= 4 is 17.5 Å². The molecule has 1 aromatic carbocycles. The van der Waals surface area contributed by atoms with Crippen molar-refractivity contribution < 1.29 is 18.8 Å². The Kier molecular flexibility index (Phi) is 18.2. The number of ether oxygens (including phenoxy) is 2. The Bertz CT molecular complexity index is 922. The predicted octanol–water partition coefficient (Wildman–Crippen LogP) is 8.25. The van der Waals surface area contributed by atoms with Gasteiger partial charge >= 0.3 is 0 Å². The smallest absolute Gasteiger partial charge is 0.257 e. The van der Waals surface area contributed by atoms with E-state index >= 15 is 0 Å². The second-order valence-electron chi connectivity index (χ2n) is 10.4. The molecule has 0 aliphatic rings. The summed E-state index contributed by atoms with van der Waals surface area (Å²) in [7, 11) is 0. The van der Waals surface area contributed by atoms with Crippen LogP contribution in [0.3, 0.4) is 0 Å². The van der Waals surface area contributed by atoms with Gasteiger partial charge in [0.2, 0.25) is 0 Å². The first-order valence-electron chi connectivity index (χ1n) is 15.4. The molecule has 0 fully saturated rings. The van der Waals surface area contributed by atoms with Crippen molar-refractivity contribution in [2.24, 2.45) is 0 Å². The summed E-state index contributed by atoms with van der Waals surface area (Å²) in [5, 5.41) is 3.36. The van der Waals surface area contributed by atoms with Gasteiger partial charge in [0.25, 0.3) is 5.91 Å². The first-order valence-corrected chi connectivity index (χ1v) is 15.8. The third-order valence-corrected chi connectivity index (χ3v) is 7.40. The van der Waals surface area contributed by atoms with E-state index in [2.05, 4.69) is 36.0 Å². The minimum absolute atomic E-state index is 0.0679. The second-order valence-corrected chi connectivity index (χ2v) is 10.8. The summed E-state index contributed by atoms with van der Waals surface area (Å²) in [6.07, 6.45) is 21.6. The maximum absolute atomic E-state index is 12.2. The number of rotatable bonds is 23. The highest BCUT2D eigenvalue weighted by molar-refractivity contribution is 6.32. The summed E-state index contributed by atoms with van der Waals surface area (Å²) in [5.41, 5.74) is 1.19. The molecule has 1 amide bonds. The molecular formula is C33H52ClN2O3+. The number of carbonyl (C=O) groups excluding carboxylic acids is 1. The number of nitrogens with one attached hydrogen (secondary N) is 1. The number of halogens is 1. The van der Waals surface area contributed by atoms with Crippen molar-refractivity contribution in [2.75, 3.05) is 19.8 Å². The van der Waals surface area contributed by atoms with Gasteiger partial charge in [0, 0.05) is 31.2 Å². The molecule has 0 saturated heterocycles. The van der Waals surface area contributed by atoms with E-state index in [0.717, 1.165) is 25.1 Å². The fourth-order valence-electron chi connectivity index (χ4n) is 4.75. The van der Waals surface area contributed by atoms with E-state index in [9.17, 15) is 4.79 Å². The Morgan fingerprint density at radius 1 is 0.821 bits per heavy atom. The van der Waals surface area contributed by atoms with Crippen LogP contribution in [0.5, 0.6) is 11.5 Å². The van der Waals surface area contributed by atoms with Crippen LogP contribution in [0.15, 0.2) is 42.6 Å². The molecule has 6 heteroatoms. The lowest BCUT2D eigenvalue weighted by Crippen LogP contribution is -2.39. The molecule has 5 nitrogen and oxygen atoms in total. The third kappa shape index (κ3) is 15.2. The van der Waals surface area contributed by atoms with E-state index in [1.165, 1.54) is 89.2 Å². The van der Waals surface area contributed by atoms with Gasteiger partial charge in [-0.15, -0.1) is 0 Å². The van der Waals surface area contributed by atoms with Crippen LogP contribution in [-0.2, 0) is 17.8 Å². The lowest BCUT2D eigenvalue weighted by molar-refractivity contribution is -0.700. The van der Waals surface area contributed by atoms with Gasteiger partial charge in [-0.3, -0.25) is 4.79 Å². The van der Waals surface area contributed by atoms with E-state index in [4.69, 9.17) is 21.1 Å². The van der Waals surface area contributed by atoms with Crippen LogP contribution >= 0.6 is 11.6 Å². The molecular weight excluding hydrogens is 508 g/mol. The third-order valence-electron chi connectivity index (χ3n) is 7.11. The SMILES string of the molecule is CCCCCCCCCCCCCCCCOc1ccc(OCC(=O)NCCc2cccc[n+]2CC)c(Cl)c1. The Morgan fingerprint density at radius 2 is 1.46 bits per heavy atom. The molecule has 39 heavy (non-hydrogen) atoms. The monoisotopic (exact) mass is 559 g/mol. The fourth-order valence-corrected chi connectivity index (χ4v) is 4.97. The molecule has 0 atom stereocenters. The quantitative estimate of drug-likeness (QED) is 0.110. The minimum Gasteiger partial charge on any atom is -0.494 e. The molecule has 0 aliphatic carbocycles. The number of aromatic nitrogens is 1. The van der Waals surface area contributed by atoms with Gasteiger partial charge in [-0.1, -0.05) is 108 Å². The Morgan fingerprint density at radius 3 is 2.08 bits per heavy atom. The van der Waals surface area contributed by atoms with Gasteiger partial charge in [0.15, 0.2) is 18.5 Å². The van der Waals surface area contributed by atoms with E-state index in [0.29, 0.717) is 23.9 Å². The Labute approximate surface area is 242 Å². The van der Waals surface area contributed by atoms with Crippen LogP contribution in [0.1, 0.15) is 109 Å². The topological polar surface area (TPSA) is 51.4 Å². The van der Waals surface area contributed by atoms with Crippen molar-refractivity contribution in [3.8, 4) is 11.5 Å². The van der Waals surface area contributed by atoms with E-state index < -0.39 is 0 Å². The summed E-state index contributed by atoms with van der Waals surface area (Å²) < 4.78 is 13.7. The van der Waals surface area contributed by atoms with Crippen LogP contribution in [0, 0.1) is 0 Å². The lowest BCUT2D eigenvalue weighted by Gasteiger charge is -2.11. The van der Waals surface area contributed by atoms with Crippen LogP contribution in [-0.4, -0.2) is 25.7 Å². The second kappa shape index (κ2) is 21.5. The summed E-state index contributed by atoms with van der Waals surface area (Å²) in [4.78, 5) is 12.2. The predicted molar refractivity (Wildman–Crippen MR) is 162 cm³/mol. The molecule has 0 spiro atoms. The van der Waals surface area contributed by atoms with Crippen molar-refractivity contribution in [3.05, 3.63) is 53.3 Å². The largest absolute Gasteiger partial charge is 0.494 e. The molecule has 2 aromatic rings. The Hall–Kier alpha value is -2.27. The highest BCUT2D eigenvalue weighted by Gasteiger charge is 2.10. The van der Waals surface area contributed by atoms with Crippen LogP contribution in [0.25, 0.3) is 0 Å². The standard InChI is InChI=1S/C33H51ClN2O3/c1-3-5-6-7-8-9-10-11-12-13-14-15-16-19-26-38-30-21-22-32(31(34)27-30)39-28-33(37)35-24-23-29-20-17-18-25-36(29)4-2/h17-18,20-22,25,27H,3-16,19,23-24,26,28H2,1-2H3/p+1. The number of hydrogen-bond donors (Lipinski definition) is 1. The molecule has 1 N–H and O–H groups in total. The fraction of sp³-hybridized carbons (Fsp3) is 0.636. The number of amides is 1. The average Bonchev–Trinajstić information content (AvgIpc) is 2.95. The maximum atomic E-state index is 12.2. The molecule has 0 radical (unpaired) electrons.